The van der Waals surface area contributed by atoms with Gasteiger partial charge in [0.05, 0.1) is 7.11 Å². The van der Waals surface area contributed by atoms with E-state index in [2.05, 4.69) is 15.6 Å². The minimum atomic E-state index is -1.06. The first-order valence-electron chi connectivity index (χ1n) is 7.01. The van der Waals surface area contributed by atoms with Gasteiger partial charge in [-0.25, -0.2) is 0 Å². The van der Waals surface area contributed by atoms with Gasteiger partial charge >= 0.3 is 5.97 Å². The Morgan fingerprint density at radius 1 is 1.42 bits per heavy atom. The van der Waals surface area contributed by atoms with Crippen molar-refractivity contribution in [2.24, 2.45) is 0 Å². The van der Waals surface area contributed by atoms with Crippen LogP contribution in [0, 0.1) is 0 Å². The quantitative estimate of drug-likeness (QED) is 0.618. The molecule has 24 heavy (non-hydrogen) atoms. The third kappa shape index (κ3) is 3.61. The van der Waals surface area contributed by atoms with Crippen molar-refractivity contribution in [1.29, 1.82) is 0 Å². The van der Waals surface area contributed by atoms with Gasteiger partial charge in [0.2, 0.25) is 5.91 Å². The lowest BCUT2D eigenvalue weighted by atomic mass is 9.98. The van der Waals surface area contributed by atoms with Crippen molar-refractivity contribution in [1.82, 2.24) is 15.6 Å². The first-order chi connectivity index (χ1) is 10.6. The molecule has 1 aromatic carbocycles. The van der Waals surface area contributed by atoms with Gasteiger partial charge in [-0.05, 0) is 30.2 Å². The van der Waals surface area contributed by atoms with E-state index >= 15 is 0 Å². The highest BCUT2D eigenvalue weighted by Crippen LogP contribution is 2.32. The molecular formula is C15H20ClN3O5. The Bertz CT molecular complexity index is 746. The summed E-state index contributed by atoms with van der Waals surface area (Å²) in [5.74, 6) is -0.646. The van der Waals surface area contributed by atoms with Gasteiger partial charge in [0.25, 0.3) is 0 Å². The maximum absolute atomic E-state index is 12.2. The van der Waals surface area contributed by atoms with Crippen molar-refractivity contribution in [2.75, 3.05) is 20.2 Å². The molecule has 1 amide bonds. The zero-order valence-corrected chi connectivity index (χ0v) is 13.8. The van der Waals surface area contributed by atoms with Crippen LogP contribution >= 0.6 is 12.4 Å². The molecule has 132 valence electrons. The first kappa shape index (κ1) is 19.8. The van der Waals surface area contributed by atoms with Gasteiger partial charge < -0.3 is 30.9 Å². The second kappa shape index (κ2) is 8.00. The SMILES string of the molecule is COc1ccc2[nH]c3c(c2c1)CCNC3C(=O)NCC(=O)O.Cl.O. The van der Waals surface area contributed by atoms with Crippen LogP contribution in [0.3, 0.4) is 0 Å². The Hall–Kier alpha value is -2.29. The highest BCUT2D eigenvalue weighted by Gasteiger charge is 2.29. The summed E-state index contributed by atoms with van der Waals surface area (Å²) < 4.78 is 5.25. The van der Waals surface area contributed by atoms with E-state index in [4.69, 9.17) is 9.84 Å². The largest absolute Gasteiger partial charge is 0.497 e. The molecule has 3 rings (SSSR count). The fourth-order valence-electron chi connectivity index (χ4n) is 2.82. The van der Waals surface area contributed by atoms with Gasteiger partial charge in [-0.15, -0.1) is 12.4 Å². The molecule has 1 atom stereocenters. The van der Waals surface area contributed by atoms with Crippen molar-refractivity contribution in [3.8, 4) is 5.75 Å². The number of aliphatic carboxylic acids is 1. The molecule has 1 aromatic heterocycles. The van der Waals surface area contributed by atoms with Crippen molar-refractivity contribution in [3.05, 3.63) is 29.5 Å². The van der Waals surface area contributed by atoms with E-state index in [0.29, 0.717) is 6.54 Å². The van der Waals surface area contributed by atoms with E-state index in [9.17, 15) is 9.59 Å². The van der Waals surface area contributed by atoms with E-state index in [-0.39, 0.29) is 30.3 Å². The summed E-state index contributed by atoms with van der Waals surface area (Å²) in [7, 11) is 1.62. The Morgan fingerprint density at radius 2 is 2.17 bits per heavy atom. The smallest absolute Gasteiger partial charge is 0.322 e. The number of aromatic nitrogens is 1. The number of methoxy groups -OCH3 is 1. The number of fused-ring (bicyclic) bond motifs is 3. The van der Waals surface area contributed by atoms with E-state index in [1.54, 1.807) is 7.11 Å². The van der Waals surface area contributed by atoms with Crippen LogP contribution in [0.25, 0.3) is 10.9 Å². The van der Waals surface area contributed by atoms with Crippen LogP contribution in [0.4, 0.5) is 0 Å². The van der Waals surface area contributed by atoms with Crippen LogP contribution < -0.4 is 15.4 Å². The Morgan fingerprint density at radius 3 is 2.83 bits per heavy atom. The van der Waals surface area contributed by atoms with E-state index in [1.807, 2.05) is 18.2 Å². The summed E-state index contributed by atoms with van der Waals surface area (Å²) in [5.41, 5.74) is 2.80. The van der Waals surface area contributed by atoms with Gasteiger partial charge in [-0.2, -0.15) is 0 Å². The molecule has 1 aliphatic rings. The lowest BCUT2D eigenvalue weighted by Gasteiger charge is -2.23. The summed E-state index contributed by atoms with van der Waals surface area (Å²) in [6, 6.07) is 5.15. The standard InChI is InChI=1S/C15H17N3O4.ClH.H2O/c1-22-8-2-3-11-10(6-8)9-4-5-16-14(13(9)18-11)15(21)17-7-12(19)20;;/h2-3,6,14,16,18H,4-5,7H2,1H3,(H,17,21)(H,19,20);1H;1H2. The molecule has 9 heteroatoms. The molecule has 0 saturated carbocycles. The lowest BCUT2D eigenvalue weighted by Crippen LogP contribution is -2.42. The number of hydrogen-bond acceptors (Lipinski definition) is 4. The maximum atomic E-state index is 12.2. The maximum Gasteiger partial charge on any atom is 0.322 e. The Kier molecular flexibility index (Phi) is 6.59. The van der Waals surface area contributed by atoms with Gasteiger partial charge in [-0.3, -0.25) is 9.59 Å². The van der Waals surface area contributed by atoms with Gasteiger partial charge in [-0.1, -0.05) is 0 Å². The molecule has 6 N–H and O–H groups in total. The first-order valence-corrected chi connectivity index (χ1v) is 7.01. The summed E-state index contributed by atoms with van der Waals surface area (Å²) in [6.45, 7) is 0.267. The molecule has 8 nitrogen and oxygen atoms in total. The average molecular weight is 358 g/mol. The van der Waals surface area contributed by atoms with Crippen molar-refractivity contribution < 1.29 is 24.9 Å². The summed E-state index contributed by atoms with van der Waals surface area (Å²) >= 11 is 0. The van der Waals surface area contributed by atoms with Crippen LogP contribution in [0.2, 0.25) is 0 Å². The molecule has 0 radical (unpaired) electrons. The number of carbonyl (C=O) groups is 2. The summed E-state index contributed by atoms with van der Waals surface area (Å²) in [5, 5.41) is 15.2. The van der Waals surface area contributed by atoms with Crippen molar-refractivity contribution in [3.63, 3.8) is 0 Å². The average Bonchev–Trinajstić information content (AvgIpc) is 2.90. The molecule has 0 spiro atoms. The molecule has 1 aliphatic heterocycles. The topological polar surface area (TPSA) is 135 Å². The lowest BCUT2D eigenvalue weighted by molar-refractivity contribution is -0.138. The number of carboxylic acid groups (broad SMARTS) is 1. The van der Waals surface area contributed by atoms with E-state index in [0.717, 1.165) is 34.3 Å². The molecule has 0 fully saturated rings. The van der Waals surface area contributed by atoms with Gasteiger partial charge in [0.1, 0.15) is 18.3 Å². The predicted octanol–water partition coefficient (Wildman–Crippen LogP) is 0.161. The number of carbonyl (C=O) groups excluding carboxylic acids is 1. The van der Waals surface area contributed by atoms with Crippen molar-refractivity contribution >= 4 is 35.2 Å². The number of carboxylic acids is 1. The highest BCUT2D eigenvalue weighted by atomic mass is 35.5. The molecule has 0 bridgehead atoms. The zero-order valence-electron chi connectivity index (χ0n) is 13.0. The number of nitrogens with one attached hydrogen (secondary N) is 3. The Balaban J connectivity index is 0.00000144. The van der Waals surface area contributed by atoms with Gasteiger partial charge in [0.15, 0.2) is 0 Å². The Labute approximate surface area is 144 Å². The van der Waals surface area contributed by atoms with E-state index < -0.39 is 12.0 Å². The number of H-pyrrole nitrogens is 1. The summed E-state index contributed by atoms with van der Waals surface area (Å²) in [6.07, 6.45) is 0.797. The monoisotopic (exact) mass is 357 g/mol. The number of halogens is 1. The van der Waals surface area contributed by atoms with Crippen LogP contribution in [-0.2, 0) is 16.0 Å². The highest BCUT2D eigenvalue weighted by molar-refractivity contribution is 5.91. The normalized spacial score (nSPS) is 15.6. The predicted molar refractivity (Wildman–Crippen MR) is 90.8 cm³/mol. The zero-order chi connectivity index (χ0) is 15.7. The molecule has 2 aromatic rings. The van der Waals surface area contributed by atoms with E-state index in [1.165, 1.54) is 0 Å². The number of benzene rings is 1. The molecule has 2 heterocycles. The minimum absolute atomic E-state index is 0. The number of amides is 1. The van der Waals surface area contributed by atoms with Crippen molar-refractivity contribution in [2.45, 2.75) is 12.5 Å². The molecule has 0 saturated heterocycles. The van der Waals surface area contributed by atoms with Gasteiger partial charge in [0, 0.05) is 23.1 Å². The fraction of sp³-hybridized carbons (Fsp3) is 0.333. The van der Waals surface area contributed by atoms with Crippen LogP contribution in [0.1, 0.15) is 17.3 Å². The number of rotatable bonds is 4. The molecule has 1 unspecified atom stereocenters. The number of ether oxygens (including phenoxy) is 1. The van der Waals surface area contributed by atoms with Crippen LogP contribution in [0.5, 0.6) is 5.75 Å². The number of hydrogen-bond donors (Lipinski definition) is 4. The van der Waals surface area contributed by atoms with Crippen LogP contribution in [-0.4, -0.2) is 47.6 Å². The third-order valence-corrected chi connectivity index (χ3v) is 3.83. The third-order valence-electron chi connectivity index (χ3n) is 3.83. The van der Waals surface area contributed by atoms with Crippen LogP contribution in [0.15, 0.2) is 18.2 Å². The second-order valence-electron chi connectivity index (χ2n) is 5.18. The molecular weight excluding hydrogens is 338 g/mol. The minimum Gasteiger partial charge on any atom is -0.497 e. The summed E-state index contributed by atoms with van der Waals surface area (Å²) in [4.78, 5) is 26.0. The molecule has 0 aliphatic carbocycles. The second-order valence-corrected chi connectivity index (χ2v) is 5.18. The number of aromatic amines is 1. The fourth-order valence-corrected chi connectivity index (χ4v) is 2.82.